The lowest BCUT2D eigenvalue weighted by atomic mass is 9.82. The van der Waals surface area contributed by atoms with Gasteiger partial charge in [-0.25, -0.2) is 0 Å². The highest BCUT2D eigenvalue weighted by atomic mass is 16.5. The molecular formula is C24H34O8. The summed E-state index contributed by atoms with van der Waals surface area (Å²) in [5.74, 6) is 2.58. The Morgan fingerprint density at radius 3 is 1.56 bits per heavy atom. The van der Waals surface area contributed by atoms with Crippen molar-refractivity contribution in [2.75, 3.05) is 49.3 Å². The number of rotatable bonds is 12. The third-order valence-electron chi connectivity index (χ3n) is 5.80. The lowest BCUT2D eigenvalue weighted by Crippen LogP contribution is -2.25. The van der Waals surface area contributed by atoms with Gasteiger partial charge < -0.3 is 38.6 Å². The normalized spacial score (nSPS) is 13.7. The van der Waals surface area contributed by atoms with Crippen molar-refractivity contribution >= 4 is 0 Å². The van der Waals surface area contributed by atoms with Gasteiger partial charge >= 0.3 is 0 Å². The van der Waals surface area contributed by atoms with Crippen molar-refractivity contribution < 1.29 is 38.6 Å². The van der Waals surface area contributed by atoms with Crippen LogP contribution in [0, 0.1) is 11.8 Å². The standard InChI is InChI=1S/C24H34O8/c1-14(24(26)17-10-21(30-5)23(32-7)12-19(17)28-3)16(13-25)8-15-9-20(29-4)22(31-6)11-18(15)27-2/h9-12,14,16,24-26H,8,13H2,1-7H3. The average molecular weight is 451 g/mol. The van der Waals surface area contributed by atoms with E-state index in [4.69, 9.17) is 28.4 Å². The van der Waals surface area contributed by atoms with E-state index in [1.54, 1.807) is 39.5 Å². The number of hydrogen-bond acceptors (Lipinski definition) is 8. The fourth-order valence-electron chi connectivity index (χ4n) is 3.78. The molecule has 0 heterocycles. The molecule has 0 saturated heterocycles. The van der Waals surface area contributed by atoms with Crippen LogP contribution < -0.4 is 28.4 Å². The van der Waals surface area contributed by atoms with E-state index in [0.29, 0.717) is 46.5 Å². The first-order valence-corrected chi connectivity index (χ1v) is 10.3. The maximum absolute atomic E-state index is 11.2. The summed E-state index contributed by atoms with van der Waals surface area (Å²) >= 11 is 0. The van der Waals surface area contributed by atoms with Crippen molar-refractivity contribution in [1.82, 2.24) is 0 Å². The van der Waals surface area contributed by atoms with Crippen LogP contribution in [-0.2, 0) is 6.42 Å². The molecule has 2 rings (SSSR count). The number of methoxy groups -OCH3 is 6. The van der Waals surface area contributed by atoms with E-state index in [1.807, 2.05) is 13.0 Å². The molecule has 2 N–H and O–H groups in total. The van der Waals surface area contributed by atoms with E-state index in [-0.39, 0.29) is 18.4 Å². The summed E-state index contributed by atoms with van der Waals surface area (Å²) in [6.07, 6.45) is -0.471. The minimum Gasteiger partial charge on any atom is -0.496 e. The van der Waals surface area contributed by atoms with Gasteiger partial charge in [-0.3, -0.25) is 0 Å². The van der Waals surface area contributed by atoms with Crippen LogP contribution in [0.2, 0.25) is 0 Å². The second-order valence-corrected chi connectivity index (χ2v) is 7.42. The van der Waals surface area contributed by atoms with Gasteiger partial charge in [-0.1, -0.05) is 6.92 Å². The van der Waals surface area contributed by atoms with Gasteiger partial charge in [-0.15, -0.1) is 0 Å². The van der Waals surface area contributed by atoms with Gasteiger partial charge in [0.25, 0.3) is 0 Å². The van der Waals surface area contributed by atoms with E-state index in [9.17, 15) is 10.2 Å². The SMILES string of the molecule is COc1cc(OC)c(OC)cc1CC(CO)C(C)C(O)c1cc(OC)c(OC)cc1OC. The fourth-order valence-corrected chi connectivity index (χ4v) is 3.78. The molecule has 8 nitrogen and oxygen atoms in total. The van der Waals surface area contributed by atoms with E-state index in [0.717, 1.165) is 5.56 Å². The van der Waals surface area contributed by atoms with Crippen molar-refractivity contribution in [3.8, 4) is 34.5 Å². The smallest absolute Gasteiger partial charge is 0.164 e. The van der Waals surface area contributed by atoms with Crippen molar-refractivity contribution in [2.45, 2.75) is 19.4 Å². The highest BCUT2D eigenvalue weighted by Crippen LogP contribution is 2.42. The van der Waals surface area contributed by atoms with Gasteiger partial charge in [-0.05, 0) is 36.0 Å². The zero-order valence-electron chi connectivity index (χ0n) is 19.8. The predicted molar refractivity (Wildman–Crippen MR) is 121 cm³/mol. The van der Waals surface area contributed by atoms with Crippen LogP contribution in [0.1, 0.15) is 24.2 Å². The molecule has 32 heavy (non-hydrogen) atoms. The summed E-state index contributed by atoms with van der Waals surface area (Å²) in [4.78, 5) is 0. The van der Waals surface area contributed by atoms with Crippen molar-refractivity contribution in [2.24, 2.45) is 11.8 Å². The van der Waals surface area contributed by atoms with Gasteiger partial charge in [0.15, 0.2) is 23.0 Å². The van der Waals surface area contributed by atoms with E-state index < -0.39 is 6.10 Å². The second-order valence-electron chi connectivity index (χ2n) is 7.42. The number of aliphatic hydroxyl groups is 2. The first-order chi connectivity index (χ1) is 15.4. The predicted octanol–water partition coefficient (Wildman–Crippen LogP) is 3.26. The molecule has 0 aliphatic heterocycles. The third-order valence-corrected chi connectivity index (χ3v) is 5.80. The zero-order chi connectivity index (χ0) is 23.8. The topological polar surface area (TPSA) is 95.8 Å². The maximum atomic E-state index is 11.2. The van der Waals surface area contributed by atoms with Crippen molar-refractivity contribution in [3.05, 3.63) is 35.4 Å². The van der Waals surface area contributed by atoms with Crippen LogP contribution in [0.25, 0.3) is 0 Å². The Bertz CT molecular complexity index is 883. The number of benzene rings is 2. The summed E-state index contributed by atoms with van der Waals surface area (Å²) in [6.45, 7) is 1.75. The zero-order valence-corrected chi connectivity index (χ0v) is 19.8. The first-order valence-electron chi connectivity index (χ1n) is 10.3. The molecule has 0 radical (unpaired) electrons. The van der Waals surface area contributed by atoms with Crippen LogP contribution in [-0.4, -0.2) is 59.5 Å². The van der Waals surface area contributed by atoms with Crippen LogP contribution in [0.4, 0.5) is 0 Å². The highest BCUT2D eigenvalue weighted by Gasteiger charge is 2.30. The summed E-state index contributed by atoms with van der Waals surface area (Å²) in [5, 5.41) is 21.4. The minimum absolute atomic E-state index is 0.134. The van der Waals surface area contributed by atoms with Crippen LogP contribution in [0.5, 0.6) is 34.5 Å². The van der Waals surface area contributed by atoms with E-state index >= 15 is 0 Å². The Hall–Kier alpha value is -2.84. The van der Waals surface area contributed by atoms with Crippen LogP contribution >= 0.6 is 0 Å². The highest BCUT2D eigenvalue weighted by molar-refractivity contribution is 5.52. The fraction of sp³-hybridized carbons (Fsp3) is 0.500. The summed E-state index contributed by atoms with van der Waals surface area (Å²) in [7, 11) is 9.29. The van der Waals surface area contributed by atoms with E-state index in [1.165, 1.54) is 21.3 Å². The molecule has 0 spiro atoms. The Morgan fingerprint density at radius 2 is 1.09 bits per heavy atom. The third kappa shape index (κ3) is 5.31. The first kappa shape index (κ1) is 25.4. The van der Waals surface area contributed by atoms with Crippen LogP contribution in [0.15, 0.2) is 24.3 Å². The summed E-state index contributed by atoms with van der Waals surface area (Å²) < 4.78 is 32.5. The Balaban J connectivity index is 2.38. The average Bonchev–Trinajstić information content (AvgIpc) is 2.84. The molecule has 8 heteroatoms. The lowest BCUT2D eigenvalue weighted by Gasteiger charge is -2.29. The van der Waals surface area contributed by atoms with Crippen molar-refractivity contribution in [1.29, 1.82) is 0 Å². The van der Waals surface area contributed by atoms with Gasteiger partial charge in [0.1, 0.15) is 11.5 Å². The molecule has 0 aliphatic rings. The minimum atomic E-state index is -0.923. The van der Waals surface area contributed by atoms with Crippen molar-refractivity contribution in [3.63, 3.8) is 0 Å². The molecule has 0 aliphatic carbocycles. The van der Waals surface area contributed by atoms with E-state index in [2.05, 4.69) is 0 Å². The summed E-state index contributed by atoms with van der Waals surface area (Å²) in [5.41, 5.74) is 1.39. The van der Waals surface area contributed by atoms with Gasteiger partial charge in [-0.2, -0.15) is 0 Å². The molecule has 0 amide bonds. The molecular weight excluding hydrogens is 416 g/mol. The van der Waals surface area contributed by atoms with Gasteiger partial charge in [0.2, 0.25) is 0 Å². The molecule has 178 valence electrons. The second kappa shape index (κ2) is 11.7. The Morgan fingerprint density at radius 1 is 0.656 bits per heavy atom. The molecule has 0 aromatic heterocycles. The Kier molecular flexibility index (Phi) is 9.28. The lowest BCUT2D eigenvalue weighted by molar-refractivity contribution is 0.0551. The number of ether oxygens (including phenoxy) is 6. The molecule has 0 fully saturated rings. The molecule has 3 atom stereocenters. The van der Waals surface area contributed by atoms with Gasteiger partial charge in [0.05, 0.1) is 48.8 Å². The van der Waals surface area contributed by atoms with Gasteiger partial charge in [0, 0.05) is 24.3 Å². The molecule has 2 aromatic carbocycles. The largest absolute Gasteiger partial charge is 0.496 e. The summed E-state index contributed by atoms with van der Waals surface area (Å²) in [6, 6.07) is 6.96. The molecule has 0 saturated carbocycles. The van der Waals surface area contributed by atoms with Crippen LogP contribution in [0.3, 0.4) is 0 Å². The number of hydrogen-bond donors (Lipinski definition) is 2. The quantitative estimate of drug-likeness (QED) is 0.509. The molecule has 2 aromatic rings. The monoisotopic (exact) mass is 450 g/mol. The maximum Gasteiger partial charge on any atom is 0.164 e. The molecule has 0 bridgehead atoms. The Labute approximate surface area is 189 Å². The molecule has 3 unspecified atom stereocenters. The number of aliphatic hydroxyl groups excluding tert-OH is 2.